The molecule has 138 valence electrons. The fraction of sp³-hybridized carbons (Fsp3) is 0.278. The molecule has 0 radical (unpaired) electrons. The number of ether oxygens (including phenoxy) is 2. The zero-order valence-corrected chi connectivity index (χ0v) is 14.7. The number of nitrogens with one attached hydrogen (secondary N) is 2. The molecule has 1 aliphatic heterocycles. The summed E-state index contributed by atoms with van der Waals surface area (Å²) in [7, 11) is 0. The number of benzene rings is 2. The van der Waals surface area contributed by atoms with Gasteiger partial charge in [-0.3, -0.25) is 4.79 Å². The molecule has 26 heavy (non-hydrogen) atoms. The van der Waals surface area contributed by atoms with E-state index in [2.05, 4.69) is 10.6 Å². The van der Waals surface area contributed by atoms with E-state index in [1.165, 1.54) is 6.07 Å². The lowest BCUT2D eigenvalue weighted by Gasteiger charge is -2.20. The maximum Gasteiger partial charge on any atom is 0.238 e. The van der Waals surface area contributed by atoms with Crippen molar-refractivity contribution < 1.29 is 23.0 Å². The molecule has 1 heterocycles. The van der Waals surface area contributed by atoms with Crippen LogP contribution in [0.5, 0.6) is 11.5 Å². The second-order valence-electron chi connectivity index (χ2n) is 5.80. The van der Waals surface area contributed by atoms with E-state index < -0.39 is 11.6 Å². The molecule has 0 saturated carbocycles. The Morgan fingerprint density at radius 3 is 2.54 bits per heavy atom. The van der Waals surface area contributed by atoms with Gasteiger partial charge in [0.1, 0.15) is 13.2 Å². The van der Waals surface area contributed by atoms with Gasteiger partial charge in [0.05, 0.1) is 17.3 Å². The van der Waals surface area contributed by atoms with Crippen LogP contribution < -0.4 is 20.1 Å². The lowest BCUT2D eigenvalue weighted by atomic mass is 10.1. The van der Waals surface area contributed by atoms with E-state index >= 15 is 0 Å². The number of amides is 1. The largest absolute Gasteiger partial charge is 0.486 e. The first-order chi connectivity index (χ1) is 12.4. The molecule has 1 atom stereocenters. The average molecular weight is 383 g/mol. The molecule has 3 rings (SSSR count). The fourth-order valence-electron chi connectivity index (χ4n) is 2.50. The van der Waals surface area contributed by atoms with Crippen LogP contribution in [0.4, 0.5) is 14.5 Å². The molecule has 0 aliphatic carbocycles. The van der Waals surface area contributed by atoms with Gasteiger partial charge in [-0.1, -0.05) is 17.7 Å². The van der Waals surface area contributed by atoms with E-state index in [0.29, 0.717) is 41.0 Å². The van der Waals surface area contributed by atoms with Gasteiger partial charge in [-0.05, 0) is 24.6 Å². The Labute approximate surface area is 154 Å². The van der Waals surface area contributed by atoms with E-state index in [0.717, 1.165) is 12.1 Å². The summed E-state index contributed by atoms with van der Waals surface area (Å²) in [5.74, 6) is -1.13. The molecule has 1 aliphatic rings. The summed E-state index contributed by atoms with van der Waals surface area (Å²) >= 11 is 6.15. The van der Waals surface area contributed by atoms with Crippen LogP contribution in [-0.4, -0.2) is 25.7 Å². The van der Waals surface area contributed by atoms with Crippen molar-refractivity contribution in [2.45, 2.75) is 13.0 Å². The number of carbonyl (C=O) groups is 1. The Kier molecular flexibility index (Phi) is 5.58. The van der Waals surface area contributed by atoms with Gasteiger partial charge in [0.15, 0.2) is 23.1 Å². The molecule has 5 nitrogen and oxygen atoms in total. The fourth-order valence-corrected chi connectivity index (χ4v) is 2.70. The third-order valence-electron chi connectivity index (χ3n) is 3.92. The molecule has 0 fully saturated rings. The van der Waals surface area contributed by atoms with Gasteiger partial charge in [0.25, 0.3) is 0 Å². The van der Waals surface area contributed by atoms with Crippen molar-refractivity contribution in [3.05, 3.63) is 52.6 Å². The number of anilines is 1. The lowest BCUT2D eigenvalue weighted by molar-refractivity contribution is -0.115. The molecule has 8 heteroatoms. The maximum absolute atomic E-state index is 13.3. The van der Waals surface area contributed by atoms with Crippen molar-refractivity contribution in [1.29, 1.82) is 0 Å². The van der Waals surface area contributed by atoms with Gasteiger partial charge in [0.2, 0.25) is 5.91 Å². The molecule has 0 unspecified atom stereocenters. The number of carbonyl (C=O) groups excluding carboxylic acids is 1. The summed E-state index contributed by atoms with van der Waals surface area (Å²) in [6.45, 7) is 2.58. The molecular weight excluding hydrogens is 366 g/mol. The zero-order chi connectivity index (χ0) is 18.7. The van der Waals surface area contributed by atoms with Gasteiger partial charge in [-0.25, -0.2) is 8.78 Å². The first kappa shape index (κ1) is 18.4. The summed E-state index contributed by atoms with van der Waals surface area (Å²) in [5, 5.41) is 5.96. The zero-order valence-electron chi connectivity index (χ0n) is 13.9. The van der Waals surface area contributed by atoms with Crippen molar-refractivity contribution in [2.24, 2.45) is 0 Å². The van der Waals surface area contributed by atoms with Gasteiger partial charge in [0, 0.05) is 18.2 Å². The van der Waals surface area contributed by atoms with Crippen LogP contribution in [0.25, 0.3) is 0 Å². The number of hydrogen-bond donors (Lipinski definition) is 2. The van der Waals surface area contributed by atoms with Crippen LogP contribution in [0.2, 0.25) is 5.02 Å². The number of fused-ring (bicyclic) bond motifs is 1. The summed E-state index contributed by atoms with van der Waals surface area (Å²) in [4.78, 5) is 12.2. The van der Waals surface area contributed by atoms with Gasteiger partial charge in [-0.15, -0.1) is 0 Å². The number of hydrogen-bond acceptors (Lipinski definition) is 4. The number of rotatable bonds is 5. The topological polar surface area (TPSA) is 59.6 Å². The van der Waals surface area contributed by atoms with E-state index in [4.69, 9.17) is 21.1 Å². The van der Waals surface area contributed by atoms with Crippen LogP contribution in [0, 0.1) is 11.6 Å². The van der Waals surface area contributed by atoms with Crippen molar-refractivity contribution in [1.82, 2.24) is 5.32 Å². The predicted octanol–water partition coefficient (Wildman–Crippen LogP) is 3.68. The third kappa shape index (κ3) is 4.23. The van der Waals surface area contributed by atoms with Crippen LogP contribution in [0.15, 0.2) is 30.3 Å². The smallest absolute Gasteiger partial charge is 0.238 e. The standard InChI is InChI=1S/C18H17ClF2N2O3/c1-10(11-2-3-13(20)14(21)6-11)22-9-18(24)23-15-8-17-16(7-12(15)19)25-4-5-26-17/h2-3,6-8,10,22H,4-5,9H2,1H3,(H,23,24)/t10-/m1/s1. The SMILES string of the molecule is C[C@@H](NCC(=O)Nc1cc2c(cc1Cl)OCCO2)c1ccc(F)c(F)c1. The van der Waals surface area contributed by atoms with Crippen molar-refractivity contribution in [3.8, 4) is 11.5 Å². The minimum atomic E-state index is -0.927. The normalized spacial score (nSPS) is 14.0. The Morgan fingerprint density at radius 1 is 1.15 bits per heavy atom. The summed E-state index contributed by atoms with van der Waals surface area (Å²) in [5.41, 5.74) is 0.942. The minimum absolute atomic E-state index is 0.0368. The second-order valence-corrected chi connectivity index (χ2v) is 6.21. The van der Waals surface area contributed by atoms with E-state index in [9.17, 15) is 13.6 Å². The Balaban J connectivity index is 1.59. The van der Waals surface area contributed by atoms with Crippen molar-refractivity contribution >= 4 is 23.2 Å². The quantitative estimate of drug-likeness (QED) is 0.828. The van der Waals surface area contributed by atoms with E-state index in [1.54, 1.807) is 19.1 Å². The van der Waals surface area contributed by atoms with E-state index in [1.807, 2.05) is 0 Å². The van der Waals surface area contributed by atoms with Gasteiger partial charge >= 0.3 is 0 Å². The molecule has 2 aromatic carbocycles. The predicted molar refractivity (Wildman–Crippen MR) is 93.8 cm³/mol. The molecule has 0 spiro atoms. The third-order valence-corrected chi connectivity index (χ3v) is 4.23. The van der Waals surface area contributed by atoms with Crippen LogP contribution in [-0.2, 0) is 4.79 Å². The molecule has 2 N–H and O–H groups in total. The Hall–Kier alpha value is -2.38. The highest BCUT2D eigenvalue weighted by atomic mass is 35.5. The highest BCUT2D eigenvalue weighted by Gasteiger charge is 2.17. The molecule has 0 aromatic heterocycles. The highest BCUT2D eigenvalue weighted by molar-refractivity contribution is 6.34. The number of halogens is 3. The van der Waals surface area contributed by atoms with Gasteiger partial charge < -0.3 is 20.1 Å². The summed E-state index contributed by atoms with van der Waals surface area (Å²) in [6, 6.07) is 6.47. The first-order valence-electron chi connectivity index (χ1n) is 8.01. The van der Waals surface area contributed by atoms with E-state index in [-0.39, 0.29) is 18.5 Å². The minimum Gasteiger partial charge on any atom is -0.486 e. The van der Waals surface area contributed by atoms with Crippen molar-refractivity contribution in [3.63, 3.8) is 0 Å². The van der Waals surface area contributed by atoms with Crippen LogP contribution in [0.3, 0.4) is 0 Å². The lowest BCUT2D eigenvalue weighted by Crippen LogP contribution is -2.30. The summed E-state index contributed by atoms with van der Waals surface area (Å²) < 4.78 is 37.2. The second kappa shape index (κ2) is 7.88. The van der Waals surface area contributed by atoms with Crippen LogP contribution in [0.1, 0.15) is 18.5 Å². The first-order valence-corrected chi connectivity index (χ1v) is 8.39. The monoisotopic (exact) mass is 382 g/mol. The summed E-state index contributed by atoms with van der Waals surface area (Å²) in [6.07, 6.45) is 0. The molecular formula is C18H17ClF2N2O3. The maximum atomic E-state index is 13.3. The average Bonchev–Trinajstić information content (AvgIpc) is 2.62. The van der Waals surface area contributed by atoms with Crippen LogP contribution >= 0.6 is 11.6 Å². The highest BCUT2D eigenvalue weighted by Crippen LogP contribution is 2.37. The van der Waals surface area contributed by atoms with Gasteiger partial charge in [-0.2, -0.15) is 0 Å². The molecule has 2 aromatic rings. The Morgan fingerprint density at radius 2 is 1.85 bits per heavy atom. The molecule has 0 saturated heterocycles. The molecule has 0 bridgehead atoms. The Bertz CT molecular complexity index is 832. The van der Waals surface area contributed by atoms with Crippen molar-refractivity contribution in [2.75, 3.05) is 25.1 Å². The molecule has 1 amide bonds.